The number of carbonyl (C=O) groups is 1. The monoisotopic (exact) mass is 489 g/mol. The summed E-state index contributed by atoms with van der Waals surface area (Å²) in [5.41, 5.74) is 2.04. The lowest BCUT2D eigenvalue weighted by atomic mass is 9.76. The molecular formula is C27H24ClN3O4. The molecule has 0 saturated carbocycles. The van der Waals surface area contributed by atoms with E-state index in [0.717, 1.165) is 16.8 Å². The number of halogens is 1. The highest BCUT2D eigenvalue weighted by atomic mass is 35.5. The topological polar surface area (TPSA) is 84.7 Å². The minimum Gasteiger partial charge on any atom is -0.463 e. The predicted molar refractivity (Wildman–Crippen MR) is 136 cm³/mol. The van der Waals surface area contributed by atoms with Gasteiger partial charge in [0.15, 0.2) is 0 Å². The number of hydrogen-bond acceptors (Lipinski definition) is 5. The van der Waals surface area contributed by atoms with Crippen molar-refractivity contribution in [1.82, 2.24) is 5.32 Å². The molecule has 1 amide bonds. The Morgan fingerprint density at radius 3 is 2.60 bits per heavy atom. The van der Waals surface area contributed by atoms with Gasteiger partial charge < -0.3 is 15.0 Å². The van der Waals surface area contributed by atoms with Gasteiger partial charge in [-0.2, -0.15) is 0 Å². The van der Waals surface area contributed by atoms with Crippen molar-refractivity contribution < 1.29 is 14.5 Å². The van der Waals surface area contributed by atoms with Crippen LogP contribution in [0.4, 0.5) is 11.4 Å². The molecule has 1 N–H and O–H groups in total. The minimum atomic E-state index is -0.989. The van der Waals surface area contributed by atoms with E-state index in [1.807, 2.05) is 53.5 Å². The van der Waals surface area contributed by atoms with Crippen LogP contribution in [0.3, 0.4) is 0 Å². The number of benzene rings is 3. The second-order valence-electron chi connectivity index (χ2n) is 9.24. The largest absolute Gasteiger partial charge is 0.463 e. The van der Waals surface area contributed by atoms with E-state index in [-0.39, 0.29) is 18.1 Å². The highest BCUT2D eigenvalue weighted by molar-refractivity contribution is 6.30. The first-order chi connectivity index (χ1) is 16.7. The molecule has 2 heterocycles. The summed E-state index contributed by atoms with van der Waals surface area (Å²) in [4.78, 5) is 25.9. The van der Waals surface area contributed by atoms with Gasteiger partial charge in [-0.05, 0) is 61.4 Å². The second-order valence-corrected chi connectivity index (χ2v) is 9.68. The molecule has 2 aliphatic heterocycles. The van der Waals surface area contributed by atoms with Crippen molar-refractivity contribution in [3.63, 3.8) is 0 Å². The highest BCUT2D eigenvalue weighted by Crippen LogP contribution is 2.54. The molecule has 0 unspecified atom stereocenters. The molecule has 3 aromatic rings. The summed E-state index contributed by atoms with van der Waals surface area (Å²) in [6, 6.07) is 19.8. The molecule has 0 aliphatic carbocycles. The van der Waals surface area contributed by atoms with Gasteiger partial charge in [-0.3, -0.25) is 14.9 Å². The number of rotatable bonds is 5. The van der Waals surface area contributed by atoms with Gasteiger partial charge in [-0.15, -0.1) is 0 Å². The molecule has 35 heavy (non-hydrogen) atoms. The van der Waals surface area contributed by atoms with E-state index in [1.165, 1.54) is 12.1 Å². The van der Waals surface area contributed by atoms with Gasteiger partial charge in [0.25, 0.3) is 5.69 Å². The van der Waals surface area contributed by atoms with Crippen LogP contribution >= 0.6 is 11.6 Å². The maximum absolute atomic E-state index is 13.1. The zero-order valence-corrected chi connectivity index (χ0v) is 20.1. The molecule has 2 aliphatic rings. The van der Waals surface area contributed by atoms with E-state index in [4.69, 9.17) is 16.3 Å². The Balaban J connectivity index is 1.47. The molecule has 3 aromatic carbocycles. The van der Waals surface area contributed by atoms with Gasteiger partial charge in [0.1, 0.15) is 12.3 Å². The third kappa shape index (κ3) is 3.82. The number of hydrogen-bond donors (Lipinski definition) is 1. The van der Waals surface area contributed by atoms with E-state index < -0.39 is 16.1 Å². The number of non-ortho nitro benzene ring substituents is 1. The number of para-hydroxylation sites is 1. The van der Waals surface area contributed by atoms with Crippen molar-refractivity contribution in [2.24, 2.45) is 0 Å². The van der Waals surface area contributed by atoms with Crippen molar-refractivity contribution in [3.05, 3.63) is 105 Å². The molecule has 8 heteroatoms. The molecule has 0 bridgehead atoms. The van der Waals surface area contributed by atoms with Gasteiger partial charge in [-0.1, -0.05) is 41.9 Å². The van der Waals surface area contributed by atoms with Gasteiger partial charge >= 0.3 is 0 Å². The van der Waals surface area contributed by atoms with Crippen LogP contribution < -0.4 is 15.0 Å². The lowest BCUT2D eigenvalue weighted by molar-refractivity contribution is -0.384. The average Bonchev–Trinajstić information content (AvgIpc) is 3.02. The van der Waals surface area contributed by atoms with Crippen LogP contribution in [-0.2, 0) is 16.8 Å². The Bertz CT molecular complexity index is 1350. The fraction of sp³-hybridized carbons (Fsp3) is 0.222. The molecule has 1 spiro atoms. The molecular weight excluding hydrogens is 466 g/mol. The van der Waals surface area contributed by atoms with Gasteiger partial charge in [0.2, 0.25) is 11.6 Å². The molecule has 178 valence electrons. The third-order valence-electron chi connectivity index (χ3n) is 6.83. The number of nitrogens with one attached hydrogen (secondary N) is 1. The third-order valence-corrected chi connectivity index (χ3v) is 7.08. The Kier molecular flexibility index (Phi) is 5.52. The number of carbonyl (C=O) groups excluding carboxylic acids is 1. The minimum absolute atomic E-state index is 0.000326. The Labute approximate surface area is 208 Å². The zero-order valence-electron chi connectivity index (χ0n) is 19.3. The van der Waals surface area contributed by atoms with Crippen LogP contribution in [-0.4, -0.2) is 23.1 Å². The Hall–Kier alpha value is -3.84. The normalized spacial score (nSPS) is 19.1. The number of fused-ring (bicyclic) bond motifs is 2. The van der Waals surface area contributed by atoms with Crippen molar-refractivity contribution in [1.29, 1.82) is 0 Å². The summed E-state index contributed by atoms with van der Waals surface area (Å²) in [5.74, 6) is 0.379. The first-order valence-electron chi connectivity index (χ1n) is 11.3. The van der Waals surface area contributed by atoms with Crippen LogP contribution in [0.5, 0.6) is 5.75 Å². The van der Waals surface area contributed by atoms with E-state index in [0.29, 0.717) is 22.9 Å². The average molecular weight is 490 g/mol. The molecule has 0 aromatic heterocycles. The van der Waals surface area contributed by atoms with Crippen LogP contribution in [0.25, 0.3) is 6.08 Å². The predicted octanol–water partition coefficient (Wildman–Crippen LogP) is 5.46. The zero-order chi connectivity index (χ0) is 24.8. The SMILES string of the molecule is CC1(C)c2ccccc2N(CC(=O)NCc2ccc(Cl)cc2)[C@@]12C=Cc1cc([N+](=O)[O-])ccc1O2. The summed E-state index contributed by atoms with van der Waals surface area (Å²) in [7, 11) is 0. The summed E-state index contributed by atoms with van der Waals surface area (Å²) in [5, 5.41) is 14.9. The van der Waals surface area contributed by atoms with Crippen molar-refractivity contribution in [2.75, 3.05) is 11.4 Å². The standard InChI is InChI=1S/C27H24ClN3O4/c1-26(2)22-5-3-4-6-23(22)30(17-25(32)29-16-18-7-9-20(28)10-8-18)27(26)14-13-19-15-21(31(33)34)11-12-24(19)35-27/h3-15H,16-17H2,1-2H3,(H,29,32)/t27-/m1/s1. The van der Waals surface area contributed by atoms with E-state index >= 15 is 0 Å². The van der Waals surface area contributed by atoms with E-state index in [2.05, 4.69) is 19.2 Å². The lowest BCUT2D eigenvalue weighted by Gasteiger charge is -2.46. The fourth-order valence-electron chi connectivity index (χ4n) is 4.91. The molecule has 5 rings (SSSR count). The molecule has 0 saturated heterocycles. The summed E-state index contributed by atoms with van der Waals surface area (Å²) in [6.45, 7) is 4.61. The smallest absolute Gasteiger partial charge is 0.270 e. The first-order valence-corrected chi connectivity index (χ1v) is 11.6. The van der Waals surface area contributed by atoms with Crippen molar-refractivity contribution in [2.45, 2.75) is 31.5 Å². The summed E-state index contributed by atoms with van der Waals surface area (Å²) < 4.78 is 6.62. The Morgan fingerprint density at radius 1 is 1.11 bits per heavy atom. The van der Waals surface area contributed by atoms with Gasteiger partial charge in [0, 0.05) is 35.0 Å². The van der Waals surface area contributed by atoms with Crippen LogP contribution in [0.15, 0.2) is 72.8 Å². The Morgan fingerprint density at radius 2 is 1.86 bits per heavy atom. The number of nitrogens with zero attached hydrogens (tertiary/aromatic N) is 2. The molecule has 0 fully saturated rings. The number of anilines is 1. The number of nitro benzene ring substituents is 1. The van der Waals surface area contributed by atoms with Crippen LogP contribution in [0, 0.1) is 10.1 Å². The summed E-state index contributed by atoms with van der Waals surface area (Å²) >= 11 is 5.96. The van der Waals surface area contributed by atoms with Gasteiger partial charge in [0.05, 0.1) is 10.3 Å². The molecule has 0 radical (unpaired) electrons. The van der Waals surface area contributed by atoms with Crippen LogP contribution in [0.1, 0.15) is 30.5 Å². The highest BCUT2D eigenvalue weighted by Gasteiger charge is 2.59. The van der Waals surface area contributed by atoms with Crippen LogP contribution in [0.2, 0.25) is 5.02 Å². The number of ether oxygens (including phenoxy) is 1. The van der Waals surface area contributed by atoms with Gasteiger partial charge in [-0.25, -0.2) is 0 Å². The first kappa shape index (κ1) is 22.9. The maximum Gasteiger partial charge on any atom is 0.270 e. The maximum atomic E-state index is 13.1. The lowest BCUT2D eigenvalue weighted by Crippen LogP contribution is -2.61. The van der Waals surface area contributed by atoms with Crippen molar-refractivity contribution in [3.8, 4) is 5.75 Å². The van der Waals surface area contributed by atoms with Crippen molar-refractivity contribution >= 4 is 35.0 Å². The molecule has 1 atom stereocenters. The molecule has 7 nitrogen and oxygen atoms in total. The van der Waals surface area contributed by atoms with E-state index in [1.54, 1.807) is 18.2 Å². The number of nitro groups is 1. The summed E-state index contributed by atoms with van der Waals surface area (Å²) in [6.07, 6.45) is 3.75. The fourth-order valence-corrected chi connectivity index (χ4v) is 5.04. The number of amides is 1. The van der Waals surface area contributed by atoms with E-state index in [9.17, 15) is 14.9 Å². The quantitative estimate of drug-likeness (QED) is 0.380. The second kappa shape index (κ2) is 8.43.